The van der Waals surface area contributed by atoms with Crippen molar-refractivity contribution < 1.29 is 14.3 Å². The van der Waals surface area contributed by atoms with Crippen LogP contribution >= 0.6 is 0 Å². The van der Waals surface area contributed by atoms with Gasteiger partial charge in [-0.1, -0.05) is 6.92 Å². The minimum absolute atomic E-state index is 0.0248. The SMILES string of the molecule is COC(=O)C1CCN(C(=O)c2cccnc2)CC1C. The van der Waals surface area contributed by atoms with Crippen molar-refractivity contribution in [3.8, 4) is 0 Å². The molecule has 0 aromatic carbocycles. The lowest BCUT2D eigenvalue weighted by molar-refractivity contribution is -0.148. The number of pyridine rings is 1. The lowest BCUT2D eigenvalue weighted by atomic mass is 9.87. The average Bonchev–Trinajstić information content (AvgIpc) is 2.46. The number of methoxy groups -OCH3 is 1. The molecule has 1 aliphatic rings. The Balaban J connectivity index is 2.02. The van der Waals surface area contributed by atoms with Gasteiger partial charge < -0.3 is 9.64 Å². The Labute approximate surface area is 112 Å². The summed E-state index contributed by atoms with van der Waals surface area (Å²) in [6, 6.07) is 3.50. The van der Waals surface area contributed by atoms with Gasteiger partial charge in [-0.05, 0) is 24.5 Å². The molecule has 2 rings (SSSR count). The Kier molecular flexibility index (Phi) is 4.14. The Morgan fingerprint density at radius 1 is 1.47 bits per heavy atom. The maximum Gasteiger partial charge on any atom is 0.309 e. The van der Waals surface area contributed by atoms with E-state index >= 15 is 0 Å². The zero-order valence-electron chi connectivity index (χ0n) is 11.2. The standard InChI is InChI=1S/C14H18N2O3/c1-10-9-16(7-5-12(10)14(18)19-2)13(17)11-4-3-6-15-8-11/h3-4,6,8,10,12H,5,7,9H2,1-2H3. The molecule has 0 N–H and O–H groups in total. The van der Waals surface area contributed by atoms with Gasteiger partial charge in [0.15, 0.2) is 0 Å². The summed E-state index contributed by atoms with van der Waals surface area (Å²) in [5.74, 6) is -0.200. The highest BCUT2D eigenvalue weighted by atomic mass is 16.5. The number of rotatable bonds is 2. The second-order valence-electron chi connectivity index (χ2n) is 4.89. The fraction of sp³-hybridized carbons (Fsp3) is 0.500. The molecule has 2 unspecified atom stereocenters. The molecule has 0 bridgehead atoms. The van der Waals surface area contributed by atoms with Gasteiger partial charge in [0.1, 0.15) is 0 Å². The molecule has 5 heteroatoms. The number of aromatic nitrogens is 1. The molecule has 102 valence electrons. The van der Waals surface area contributed by atoms with Gasteiger partial charge >= 0.3 is 5.97 Å². The predicted octanol–water partition coefficient (Wildman–Crippen LogP) is 1.35. The van der Waals surface area contributed by atoms with Gasteiger partial charge in [0, 0.05) is 25.5 Å². The number of esters is 1. The summed E-state index contributed by atoms with van der Waals surface area (Å²) in [5.41, 5.74) is 0.589. The molecule has 19 heavy (non-hydrogen) atoms. The van der Waals surface area contributed by atoms with Crippen LogP contribution in [0, 0.1) is 11.8 Å². The Hall–Kier alpha value is -1.91. The maximum atomic E-state index is 12.3. The van der Waals surface area contributed by atoms with Gasteiger partial charge in [0.25, 0.3) is 5.91 Å². The van der Waals surface area contributed by atoms with Crippen LogP contribution in [0.25, 0.3) is 0 Å². The van der Waals surface area contributed by atoms with Crippen molar-refractivity contribution in [1.82, 2.24) is 9.88 Å². The minimum Gasteiger partial charge on any atom is -0.469 e. The first-order valence-electron chi connectivity index (χ1n) is 6.40. The van der Waals surface area contributed by atoms with E-state index in [-0.39, 0.29) is 23.7 Å². The van der Waals surface area contributed by atoms with Crippen molar-refractivity contribution in [1.29, 1.82) is 0 Å². The normalized spacial score (nSPS) is 22.9. The number of carbonyl (C=O) groups is 2. The number of hydrogen-bond acceptors (Lipinski definition) is 4. The van der Waals surface area contributed by atoms with Gasteiger partial charge in [-0.3, -0.25) is 14.6 Å². The van der Waals surface area contributed by atoms with Crippen LogP contribution in [0.1, 0.15) is 23.7 Å². The number of likely N-dealkylation sites (tertiary alicyclic amines) is 1. The molecule has 2 atom stereocenters. The second-order valence-corrected chi connectivity index (χ2v) is 4.89. The Morgan fingerprint density at radius 2 is 2.26 bits per heavy atom. The molecule has 2 heterocycles. The van der Waals surface area contributed by atoms with Crippen LogP contribution in [-0.4, -0.2) is 42.0 Å². The summed E-state index contributed by atoms with van der Waals surface area (Å²) in [6.45, 7) is 3.13. The van der Waals surface area contributed by atoms with Crippen molar-refractivity contribution in [2.45, 2.75) is 13.3 Å². The van der Waals surface area contributed by atoms with Crippen LogP contribution in [0.2, 0.25) is 0 Å². The van der Waals surface area contributed by atoms with Crippen LogP contribution in [0.4, 0.5) is 0 Å². The Bertz CT molecular complexity index is 461. The van der Waals surface area contributed by atoms with Gasteiger partial charge in [-0.2, -0.15) is 0 Å². The number of carbonyl (C=O) groups excluding carboxylic acids is 2. The molecular formula is C14H18N2O3. The second kappa shape index (κ2) is 5.82. The van der Waals surface area contributed by atoms with Gasteiger partial charge in [0.2, 0.25) is 0 Å². The van der Waals surface area contributed by atoms with E-state index in [1.54, 1.807) is 29.4 Å². The average molecular weight is 262 g/mol. The van der Waals surface area contributed by atoms with Crippen LogP contribution in [0.3, 0.4) is 0 Å². The molecule has 0 spiro atoms. The number of piperidine rings is 1. The highest BCUT2D eigenvalue weighted by Gasteiger charge is 2.33. The number of ether oxygens (including phenoxy) is 1. The fourth-order valence-electron chi connectivity index (χ4n) is 2.50. The first kappa shape index (κ1) is 13.5. The summed E-state index contributed by atoms with van der Waals surface area (Å²) in [6.07, 6.45) is 3.86. The van der Waals surface area contributed by atoms with Gasteiger partial charge in [0.05, 0.1) is 18.6 Å². The molecular weight excluding hydrogens is 244 g/mol. The molecule has 1 aromatic heterocycles. The van der Waals surface area contributed by atoms with Crippen molar-refractivity contribution in [3.05, 3.63) is 30.1 Å². The molecule has 0 saturated carbocycles. The number of hydrogen-bond donors (Lipinski definition) is 0. The van der Waals surface area contributed by atoms with Crippen LogP contribution in [-0.2, 0) is 9.53 Å². The first-order valence-corrected chi connectivity index (χ1v) is 6.40. The third-order valence-corrected chi connectivity index (χ3v) is 3.60. The van der Waals surface area contributed by atoms with Gasteiger partial charge in [-0.15, -0.1) is 0 Å². The topological polar surface area (TPSA) is 59.5 Å². The molecule has 0 radical (unpaired) electrons. The zero-order valence-corrected chi connectivity index (χ0v) is 11.2. The van der Waals surface area contributed by atoms with Crippen molar-refractivity contribution in [2.24, 2.45) is 11.8 Å². The lowest BCUT2D eigenvalue weighted by Crippen LogP contribution is -2.45. The van der Waals surface area contributed by atoms with Crippen LogP contribution in [0.15, 0.2) is 24.5 Å². The third kappa shape index (κ3) is 2.92. The van der Waals surface area contributed by atoms with Crippen molar-refractivity contribution in [2.75, 3.05) is 20.2 Å². The highest BCUT2D eigenvalue weighted by molar-refractivity contribution is 5.94. The van der Waals surface area contributed by atoms with Gasteiger partial charge in [-0.25, -0.2) is 0 Å². The van der Waals surface area contributed by atoms with E-state index < -0.39 is 0 Å². The molecule has 1 aromatic rings. The zero-order chi connectivity index (χ0) is 13.8. The number of amides is 1. The minimum atomic E-state index is -0.180. The molecule has 1 amide bonds. The third-order valence-electron chi connectivity index (χ3n) is 3.60. The summed E-state index contributed by atoms with van der Waals surface area (Å²) >= 11 is 0. The van der Waals surface area contributed by atoms with Crippen LogP contribution < -0.4 is 0 Å². The van der Waals surface area contributed by atoms with Crippen LogP contribution in [0.5, 0.6) is 0 Å². The largest absolute Gasteiger partial charge is 0.469 e. The van der Waals surface area contributed by atoms with Crippen molar-refractivity contribution >= 4 is 11.9 Å². The fourth-order valence-corrected chi connectivity index (χ4v) is 2.50. The number of nitrogens with zero attached hydrogens (tertiary/aromatic N) is 2. The maximum absolute atomic E-state index is 12.3. The summed E-state index contributed by atoms with van der Waals surface area (Å²) < 4.78 is 4.79. The van der Waals surface area contributed by atoms with E-state index in [9.17, 15) is 9.59 Å². The van der Waals surface area contributed by atoms with E-state index in [4.69, 9.17) is 4.74 Å². The molecule has 1 aliphatic heterocycles. The van der Waals surface area contributed by atoms with E-state index in [2.05, 4.69) is 4.98 Å². The predicted molar refractivity (Wildman–Crippen MR) is 69.4 cm³/mol. The molecule has 1 fully saturated rings. The molecule has 5 nitrogen and oxygen atoms in total. The highest BCUT2D eigenvalue weighted by Crippen LogP contribution is 2.25. The van der Waals surface area contributed by atoms with E-state index in [1.807, 2.05) is 6.92 Å². The van der Waals surface area contributed by atoms with E-state index in [1.165, 1.54) is 7.11 Å². The lowest BCUT2D eigenvalue weighted by Gasteiger charge is -2.35. The molecule has 1 saturated heterocycles. The smallest absolute Gasteiger partial charge is 0.309 e. The van der Waals surface area contributed by atoms with E-state index in [0.29, 0.717) is 25.1 Å². The summed E-state index contributed by atoms with van der Waals surface area (Å²) in [5, 5.41) is 0. The Morgan fingerprint density at radius 3 is 2.84 bits per heavy atom. The monoisotopic (exact) mass is 262 g/mol. The summed E-state index contributed by atoms with van der Waals surface area (Å²) in [7, 11) is 1.40. The quantitative estimate of drug-likeness (QED) is 0.755. The van der Waals surface area contributed by atoms with E-state index in [0.717, 1.165) is 0 Å². The van der Waals surface area contributed by atoms with Crippen molar-refractivity contribution in [3.63, 3.8) is 0 Å². The summed E-state index contributed by atoms with van der Waals surface area (Å²) in [4.78, 5) is 29.6. The first-order chi connectivity index (χ1) is 9.13. The molecule has 0 aliphatic carbocycles.